The van der Waals surface area contributed by atoms with Gasteiger partial charge in [0.15, 0.2) is 11.4 Å². The molecule has 36 heavy (non-hydrogen) atoms. The molecule has 2 atom stereocenters. The fraction of sp³-hybridized carbons (Fsp3) is 0.250. The number of carbonyl (C=O) groups is 3. The van der Waals surface area contributed by atoms with Crippen molar-refractivity contribution in [3.63, 3.8) is 0 Å². The number of β-lactam (4-membered cyclic amide) rings is 1. The molecule has 1 saturated heterocycles. The third kappa shape index (κ3) is 4.13. The van der Waals surface area contributed by atoms with Gasteiger partial charge in [0.25, 0.3) is 11.8 Å². The number of hydrogen-bond acceptors (Lipinski definition) is 11. The molecule has 5 heterocycles. The molecule has 5 rings (SSSR count). The molecule has 3 aromatic rings. The quantitative estimate of drug-likeness (QED) is 0.152. The second-order valence-corrected chi connectivity index (χ2v) is 9.58. The molecule has 3 aromatic heterocycles. The average Bonchev–Trinajstić information content (AvgIpc) is 3.53. The first-order chi connectivity index (χ1) is 17.4. The van der Waals surface area contributed by atoms with Gasteiger partial charge in [0.1, 0.15) is 29.2 Å². The molecule has 2 aliphatic rings. The molecule has 0 aliphatic carbocycles. The Labute approximate surface area is 209 Å². The fourth-order valence-corrected chi connectivity index (χ4v) is 6.07. The lowest BCUT2D eigenvalue weighted by Crippen LogP contribution is -2.71. The van der Waals surface area contributed by atoms with Crippen molar-refractivity contribution in [2.75, 3.05) is 18.6 Å². The maximum absolute atomic E-state index is 12.9. The SMILES string of the molecule is CO/N=C(\C(=O)NC1C(=O)N2C(C(=O)O)=C(CSc3ccc4n[nH]c(=O)n4n3)CS[C@H]12)c1ccco1. The number of nitrogens with one attached hydrogen (secondary N) is 2. The third-order valence-electron chi connectivity index (χ3n) is 5.33. The number of fused-ring (bicyclic) bond motifs is 2. The lowest BCUT2D eigenvalue weighted by Gasteiger charge is -2.49. The summed E-state index contributed by atoms with van der Waals surface area (Å²) in [6.45, 7) is 0. The van der Waals surface area contributed by atoms with Crippen molar-refractivity contribution in [2.45, 2.75) is 16.4 Å². The number of aromatic amines is 1. The molecule has 1 fully saturated rings. The van der Waals surface area contributed by atoms with Gasteiger partial charge in [-0.05, 0) is 29.8 Å². The molecule has 0 bridgehead atoms. The number of rotatable bonds is 8. The minimum atomic E-state index is -1.25. The zero-order chi connectivity index (χ0) is 25.4. The Kier molecular flexibility index (Phi) is 6.27. The van der Waals surface area contributed by atoms with Crippen molar-refractivity contribution in [3.05, 3.63) is 58.0 Å². The van der Waals surface area contributed by atoms with Crippen LogP contribution >= 0.6 is 23.5 Å². The molecule has 0 radical (unpaired) electrons. The summed E-state index contributed by atoms with van der Waals surface area (Å²) in [5, 5.41) is 26.3. The molecule has 0 aromatic carbocycles. The molecule has 0 saturated carbocycles. The summed E-state index contributed by atoms with van der Waals surface area (Å²) in [6.07, 6.45) is 1.37. The summed E-state index contributed by atoms with van der Waals surface area (Å²) in [6, 6.07) is 5.43. The number of H-pyrrole nitrogens is 1. The van der Waals surface area contributed by atoms with Crippen LogP contribution in [0.5, 0.6) is 0 Å². The second kappa shape index (κ2) is 9.54. The Balaban J connectivity index is 1.31. The standard InChI is InChI=1S/C20H17N7O7S2/c1-33-25-13(10-3-2-6-34-10)16(28)21-14-17(29)26-15(19(30)31)9(8-36-18(14)26)7-35-12-5-4-11-22-23-20(32)27(11)24-12/h2-6,14,18H,7-8H2,1H3,(H,21,28)(H,23,32)(H,30,31)/b25-13-/t14?,18-/m1/s1. The van der Waals surface area contributed by atoms with Gasteiger partial charge < -0.3 is 19.7 Å². The van der Waals surface area contributed by atoms with Crippen LogP contribution in [0, 0.1) is 0 Å². The van der Waals surface area contributed by atoms with Crippen molar-refractivity contribution in [2.24, 2.45) is 5.16 Å². The topological polar surface area (TPSA) is 184 Å². The van der Waals surface area contributed by atoms with Gasteiger partial charge in [-0.25, -0.2) is 14.7 Å². The van der Waals surface area contributed by atoms with Crippen LogP contribution < -0.4 is 11.0 Å². The van der Waals surface area contributed by atoms with Crippen molar-refractivity contribution >= 4 is 52.7 Å². The molecule has 3 N–H and O–H groups in total. The van der Waals surface area contributed by atoms with E-state index < -0.39 is 34.9 Å². The molecule has 0 spiro atoms. The fourth-order valence-electron chi connectivity index (χ4n) is 3.73. The number of carbonyl (C=O) groups excluding carboxylic acids is 2. The van der Waals surface area contributed by atoms with E-state index in [1.54, 1.807) is 18.2 Å². The smallest absolute Gasteiger partial charge is 0.364 e. The summed E-state index contributed by atoms with van der Waals surface area (Å²) < 4.78 is 6.31. The van der Waals surface area contributed by atoms with Gasteiger partial charge in [-0.1, -0.05) is 5.16 Å². The number of aliphatic carboxylic acids is 1. The molecule has 2 amide bonds. The normalized spacial score (nSPS) is 19.8. The maximum atomic E-state index is 12.9. The Bertz CT molecular complexity index is 1480. The summed E-state index contributed by atoms with van der Waals surface area (Å²) in [5.74, 6) is -1.79. The lowest BCUT2D eigenvalue weighted by molar-refractivity contribution is -0.150. The van der Waals surface area contributed by atoms with E-state index >= 15 is 0 Å². The number of amides is 2. The van der Waals surface area contributed by atoms with Gasteiger partial charge in [0.2, 0.25) is 5.71 Å². The van der Waals surface area contributed by atoms with Crippen LogP contribution in [-0.2, 0) is 19.2 Å². The Morgan fingerprint density at radius 2 is 2.22 bits per heavy atom. The van der Waals surface area contributed by atoms with Gasteiger partial charge >= 0.3 is 11.7 Å². The second-order valence-electron chi connectivity index (χ2n) is 7.48. The molecule has 16 heteroatoms. The van der Waals surface area contributed by atoms with Crippen LogP contribution in [-0.4, -0.2) is 83.3 Å². The third-order valence-corrected chi connectivity index (χ3v) is 7.68. The van der Waals surface area contributed by atoms with Crippen LogP contribution in [0.25, 0.3) is 5.65 Å². The molecule has 186 valence electrons. The molecular weight excluding hydrogens is 514 g/mol. The Hall–Kier alpha value is -4.05. The molecular formula is C20H17N7O7S2. The van der Waals surface area contributed by atoms with Gasteiger partial charge in [0, 0.05) is 11.5 Å². The molecule has 1 unspecified atom stereocenters. The van der Waals surface area contributed by atoms with Crippen LogP contribution in [0.2, 0.25) is 0 Å². The van der Waals surface area contributed by atoms with E-state index in [0.717, 1.165) is 4.52 Å². The highest BCUT2D eigenvalue weighted by Crippen LogP contribution is 2.41. The summed E-state index contributed by atoms with van der Waals surface area (Å²) in [5.41, 5.74) is 0.113. The zero-order valence-electron chi connectivity index (χ0n) is 18.4. The van der Waals surface area contributed by atoms with Crippen LogP contribution in [0.15, 0.2) is 61.2 Å². The summed E-state index contributed by atoms with van der Waals surface area (Å²) in [7, 11) is 1.27. The summed E-state index contributed by atoms with van der Waals surface area (Å²) in [4.78, 5) is 55.4. The largest absolute Gasteiger partial charge is 0.477 e. The Morgan fingerprint density at radius 3 is 2.94 bits per heavy atom. The Morgan fingerprint density at radius 1 is 1.39 bits per heavy atom. The van der Waals surface area contributed by atoms with Gasteiger partial charge in [-0.15, -0.1) is 23.5 Å². The first kappa shape index (κ1) is 23.7. The maximum Gasteiger partial charge on any atom is 0.364 e. The van der Waals surface area contributed by atoms with Crippen molar-refractivity contribution < 1.29 is 28.7 Å². The summed E-state index contributed by atoms with van der Waals surface area (Å²) >= 11 is 2.56. The number of carboxylic acid groups (broad SMARTS) is 1. The van der Waals surface area contributed by atoms with E-state index in [1.165, 1.54) is 47.9 Å². The highest BCUT2D eigenvalue weighted by atomic mass is 32.2. The van der Waals surface area contributed by atoms with Gasteiger partial charge in [-0.3, -0.25) is 14.5 Å². The molecule has 2 aliphatic heterocycles. The van der Waals surface area contributed by atoms with Crippen LogP contribution in [0.1, 0.15) is 5.76 Å². The number of nitrogens with zero attached hydrogens (tertiary/aromatic N) is 5. The van der Waals surface area contributed by atoms with Crippen LogP contribution in [0.4, 0.5) is 0 Å². The van der Waals surface area contributed by atoms with Gasteiger partial charge in [-0.2, -0.15) is 14.7 Å². The van der Waals surface area contributed by atoms with Crippen LogP contribution in [0.3, 0.4) is 0 Å². The van der Waals surface area contributed by atoms with E-state index in [2.05, 4.69) is 25.8 Å². The van der Waals surface area contributed by atoms with Crippen molar-refractivity contribution in [1.29, 1.82) is 0 Å². The van der Waals surface area contributed by atoms with Crippen molar-refractivity contribution in [1.82, 2.24) is 30.0 Å². The number of carboxylic acids is 1. The predicted octanol–water partition coefficient (Wildman–Crippen LogP) is -0.108. The number of oxime groups is 1. The van der Waals surface area contributed by atoms with E-state index in [9.17, 15) is 24.3 Å². The lowest BCUT2D eigenvalue weighted by atomic mass is 10.0. The van der Waals surface area contributed by atoms with E-state index in [-0.39, 0.29) is 22.9 Å². The first-order valence-electron chi connectivity index (χ1n) is 10.3. The minimum Gasteiger partial charge on any atom is -0.477 e. The average molecular weight is 532 g/mol. The number of aromatic nitrogens is 4. The first-order valence-corrected chi connectivity index (χ1v) is 12.4. The van der Waals surface area contributed by atoms with Crippen molar-refractivity contribution in [3.8, 4) is 0 Å². The predicted molar refractivity (Wildman–Crippen MR) is 126 cm³/mol. The highest BCUT2D eigenvalue weighted by Gasteiger charge is 2.54. The zero-order valence-corrected chi connectivity index (χ0v) is 20.0. The number of hydrogen-bond donors (Lipinski definition) is 3. The van der Waals surface area contributed by atoms with E-state index in [4.69, 9.17) is 9.25 Å². The van der Waals surface area contributed by atoms with E-state index in [1.807, 2.05) is 0 Å². The van der Waals surface area contributed by atoms with E-state index in [0.29, 0.717) is 22.0 Å². The minimum absolute atomic E-state index is 0.125. The highest BCUT2D eigenvalue weighted by molar-refractivity contribution is 8.01. The number of furan rings is 1. The van der Waals surface area contributed by atoms with Gasteiger partial charge in [0.05, 0.1) is 6.26 Å². The molecule has 14 nitrogen and oxygen atoms in total. The monoisotopic (exact) mass is 531 g/mol. The number of thioether (sulfide) groups is 2.